The molecule has 1 saturated heterocycles. The lowest BCUT2D eigenvalue weighted by Gasteiger charge is -2.31. The highest BCUT2D eigenvalue weighted by Gasteiger charge is 2.15. The molecule has 0 atom stereocenters. The van der Waals surface area contributed by atoms with E-state index in [1.54, 1.807) is 7.05 Å². The van der Waals surface area contributed by atoms with Gasteiger partial charge in [0.25, 0.3) is 0 Å². The molecule has 1 aliphatic heterocycles. The van der Waals surface area contributed by atoms with Crippen LogP contribution in [0.1, 0.15) is 5.56 Å². The van der Waals surface area contributed by atoms with Gasteiger partial charge in [0.05, 0.1) is 19.8 Å². The molecule has 1 aliphatic rings. The number of nitrogens with zero attached hydrogens (tertiary/aromatic N) is 1. The molecule has 0 aliphatic carbocycles. The first-order valence-corrected chi connectivity index (χ1v) is 7.52. The van der Waals surface area contributed by atoms with E-state index in [-0.39, 0.29) is 5.91 Å². The molecule has 20 heavy (non-hydrogen) atoms. The second kappa shape index (κ2) is 7.61. The molecule has 1 amide bonds. The van der Waals surface area contributed by atoms with Crippen molar-refractivity contribution in [2.75, 3.05) is 44.8 Å². The number of benzene rings is 1. The first-order chi connectivity index (χ1) is 9.70. The molecule has 1 fully saturated rings. The Morgan fingerprint density at radius 2 is 2.15 bits per heavy atom. The van der Waals surface area contributed by atoms with Crippen molar-refractivity contribution in [2.45, 2.75) is 6.54 Å². The highest BCUT2D eigenvalue weighted by Crippen LogP contribution is 2.26. The van der Waals surface area contributed by atoms with Gasteiger partial charge >= 0.3 is 0 Å². The number of carbonyl (C=O) groups is 1. The fraction of sp³-hybridized carbons (Fsp3) is 0.500. The average Bonchev–Trinajstić information content (AvgIpc) is 2.49. The van der Waals surface area contributed by atoms with Crippen molar-refractivity contribution in [2.24, 2.45) is 0 Å². The second-order valence-electron chi connectivity index (χ2n) is 4.65. The summed E-state index contributed by atoms with van der Waals surface area (Å²) in [6.07, 6.45) is 0. The van der Waals surface area contributed by atoms with Crippen molar-refractivity contribution in [3.8, 4) is 0 Å². The number of anilines is 1. The van der Waals surface area contributed by atoms with Crippen LogP contribution in [0, 0.1) is 0 Å². The van der Waals surface area contributed by atoms with Crippen molar-refractivity contribution < 1.29 is 9.53 Å². The number of amides is 1. The molecule has 0 spiro atoms. The third-order valence-electron chi connectivity index (χ3n) is 3.28. The summed E-state index contributed by atoms with van der Waals surface area (Å²) in [5.41, 5.74) is 2.39. The van der Waals surface area contributed by atoms with Crippen LogP contribution in [0.25, 0.3) is 0 Å². The first kappa shape index (κ1) is 15.3. The van der Waals surface area contributed by atoms with Crippen LogP contribution in [0.3, 0.4) is 0 Å². The molecule has 2 rings (SSSR count). The molecule has 0 aromatic heterocycles. The summed E-state index contributed by atoms with van der Waals surface area (Å²) >= 11 is 3.52. The van der Waals surface area contributed by atoms with E-state index in [2.05, 4.69) is 43.6 Å². The molecule has 6 heteroatoms. The minimum absolute atomic E-state index is 0.00460. The summed E-state index contributed by atoms with van der Waals surface area (Å²) < 4.78 is 6.46. The fourth-order valence-electron chi connectivity index (χ4n) is 2.18. The summed E-state index contributed by atoms with van der Waals surface area (Å²) in [7, 11) is 1.64. The summed E-state index contributed by atoms with van der Waals surface area (Å²) in [4.78, 5) is 13.6. The van der Waals surface area contributed by atoms with Gasteiger partial charge in [-0.15, -0.1) is 0 Å². The first-order valence-electron chi connectivity index (χ1n) is 6.73. The number of morpholine rings is 1. The maximum atomic E-state index is 11.2. The lowest BCUT2D eigenvalue weighted by Crippen LogP contribution is -2.37. The number of likely N-dealkylation sites (N-methyl/N-ethyl adjacent to an activating group) is 1. The van der Waals surface area contributed by atoms with Gasteiger partial charge in [-0.3, -0.25) is 4.79 Å². The highest BCUT2D eigenvalue weighted by atomic mass is 79.9. The second-order valence-corrected chi connectivity index (χ2v) is 5.56. The standard InChI is InChI=1S/C14H20BrN3O2/c1-16-14(19)10-17-9-11-2-3-12(15)8-13(11)18-4-6-20-7-5-18/h2-3,8,17H,4-7,9-10H2,1H3,(H,16,19). The van der Waals surface area contributed by atoms with E-state index < -0.39 is 0 Å². The van der Waals surface area contributed by atoms with Gasteiger partial charge in [-0.2, -0.15) is 0 Å². The molecule has 0 unspecified atom stereocenters. The zero-order valence-electron chi connectivity index (χ0n) is 11.6. The molecule has 1 heterocycles. The van der Waals surface area contributed by atoms with Crippen LogP contribution < -0.4 is 15.5 Å². The monoisotopic (exact) mass is 341 g/mol. The lowest BCUT2D eigenvalue weighted by atomic mass is 10.1. The molecular weight excluding hydrogens is 322 g/mol. The summed E-state index contributed by atoms with van der Waals surface area (Å²) in [6.45, 7) is 4.33. The van der Waals surface area contributed by atoms with Gasteiger partial charge in [0.2, 0.25) is 5.91 Å². The number of ether oxygens (including phenoxy) is 1. The van der Waals surface area contributed by atoms with E-state index in [0.717, 1.165) is 30.8 Å². The predicted molar refractivity (Wildman–Crippen MR) is 82.9 cm³/mol. The maximum absolute atomic E-state index is 11.2. The number of rotatable bonds is 5. The molecule has 5 nitrogen and oxygen atoms in total. The summed E-state index contributed by atoms with van der Waals surface area (Å²) in [5, 5.41) is 5.77. The summed E-state index contributed by atoms with van der Waals surface area (Å²) in [6, 6.07) is 6.24. The molecule has 1 aromatic rings. The largest absolute Gasteiger partial charge is 0.378 e. The van der Waals surface area contributed by atoms with Crippen LogP contribution in [0.4, 0.5) is 5.69 Å². The SMILES string of the molecule is CNC(=O)CNCc1ccc(Br)cc1N1CCOCC1. The molecule has 110 valence electrons. The van der Waals surface area contributed by atoms with Crippen molar-refractivity contribution in [3.63, 3.8) is 0 Å². The zero-order chi connectivity index (χ0) is 14.4. The molecular formula is C14H20BrN3O2. The Bertz CT molecular complexity index is 462. The Balaban J connectivity index is 2.05. The molecule has 0 radical (unpaired) electrons. The van der Waals surface area contributed by atoms with Gasteiger partial charge < -0.3 is 20.3 Å². The van der Waals surface area contributed by atoms with Gasteiger partial charge in [-0.25, -0.2) is 0 Å². The minimum atomic E-state index is -0.00460. The van der Waals surface area contributed by atoms with Crippen LogP contribution in [0.15, 0.2) is 22.7 Å². The molecule has 2 N–H and O–H groups in total. The molecule has 1 aromatic carbocycles. The van der Waals surface area contributed by atoms with Crippen LogP contribution >= 0.6 is 15.9 Å². The minimum Gasteiger partial charge on any atom is -0.378 e. The van der Waals surface area contributed by atoms with Crippen LogP contribution in [0.5, 0.6) is 0 Å². The topological polar surface area (TPSA) is 53.6 Å². The van der Waals surface area contributed by atoms with Gasteiger partial charge in [0, 0.05) is 36.8 Å². The third kappa shape index (κ3) is 4.19. The third-order valence-corrected chi connectivity index (χ3v) is 3.77. The quantitative estimate of drug-likeness (QED) is 0.842. The van der Waals surface area contributed by atoms with Crippen molar-refractivity contribution in [1.82, 2.24) is 10.6 Å². The summed E-state index contributed by atoms with van der Waals surface area (Å²) in [5.74, 6) is -0.00460. The van der Waals surface area contributed by atoms with E-state index in [0.29, 0.717) is 13.1 Å². The average molecular weight is 342 g/mol. The van der Waals surface area contributed by atoms with Crippen molar-refractivity contribution in [3.05, 3.63) is 28.2 Å². The van der Waals surface area contributed by atoms with Gasteiger partial charge in [-0.1, -0.05) is 22.0 Å². The number of nitrogens with one attached hydrogen (secondary N) is 2. The Labute approximate surface area is 127 Å². The van der Waals surface area contributed by atoms with E-state index in [1.807, 2.05) is 6.07 Å². The van der Waals surface area contributed by atoms with Crippen LogP contribution in [-0.4, -0.2) is 45.8 Å². The Kier molecular flexibility index (Phi) is 5.82. The van der Waals surface area contributed by atoms with E-state index >= 15 is 0 Å². The molecule has 0 bridgehead atoms. The number of hydrogen-bond acceptors (Lipinski definition) is 4. The smallest absolute Gasteiger partial charge is 0.233 e. The maximum Gasteiger partial charge on any atom is 0.233 e. The van der Waals surface area contributed by atoms with Gasteiger partial charge in [-0.05, 0) is 17.7 Å². The normalized spacial score (nSPS) is 15.2. The van der Waals surface area contributed by atoms with Crippen LogP contribution in [-0.2, 0) is 16.1 Å². The number of hydrogen-bond donors (Lipinski definition) is 2. The van der Waals surface area contributed by atoms with Gasteiger partial charge in [0.1, 0.15) is 0 Å². The molecule has 0 saturated carbocycles. The van der Waals surface area contributed by atoms with E-state index in [9.17, 15) is 4.79 Å². The van der Waals surface area contributed by atoms with E-state index in [4.69, 9.17) is 4.74 Å². The van der Waals surface area contributed by atoms with Crippen LogP contribution in [0.2, 0.25) is 0 Å². The Hall–Kier alpha value is -1.11. The Morgan fingerprint density at radius 1 is 1.40 bits per heavy atom. The zero-order valence-corrected chi connectivity index (χ0v) is 13.2. The number of carbonyl (C=O) groups excluding carboxylic acids is 1. The highest BCUT2D eigenvalue weighted by molar-refractivity contribution is 9.10. The predicted octanol–water partition coefficient (Wildman–Crippen LogP) is 1.12. The van der Waals surface area contributed by atoms with Crippen molar-refractivity contribution in [1.29, 1.82) is 0 Å². The Morgan fingerprint density at radius 3 is 2.85 bits per heavy atom. The number of halogens is 1. The fourth-order valence-corrected chi connectivity index (χ4v) is 2.53. The lowest BCUT2D eigenvalue weighted by molar-refractivity contribution is -0.119. The van der Waals surface area contributed by atoms with Crippen molar-refractivity contribution >= 4 is 27.5 Å². The van der Waals surface area contributed by atoms with Gasteiger partial charge in [0.15, 0.2) is 0 Å². The van der Waals surface area contributed by atoms with E-state index in [1.165, 1.54) is 11.3 Å².